The number of rotatable bonds is 4. The summed E-state index contributed by atoms with van der Waals surface area (Å²) < 4.78 is 15.9. The number of hydrogen-bond donors (Lipinski definition) is 1. The molecule has 0 spiro atoms. The maximum absolute atomic E-state index is 12.2. The van der Waals surface area contributed by atoms with Crippen LogP contribution in [-0.2, 0) is 20.7 Å². The highest BCUT2D eigenvalue weighted by molar-refractivity contribution is 6.61. The van der Waals surface area contributed by atoms with E-state index in [2.05, 4.69) is 4.90 Å². The molecule has 1 aromatic carbocycles. The lowest BCUT2D eigenvalue weighted by Crippen LogP contribution is -2.41. The van der Waals surface area contributed by atoms with Crippen LogP contribution in [0.4, 0.5) is 0 Å². The van der Waals surface area contributed by atoms with E-state index in [1.807, 2.05) is 6.92 Å². The maximum atomic E-state index is 12.2. The fraction of sp³-hybridized carbons (Fsp3) is 0.533. The standard InChI is InChI=1S/C15H20BNO5/c1-11(9-17-4-6-20-7-5-17)22-15(18)12-2-3-13-10-21-16(19)14(13)8-12/h2-3,8,11,19H,4-7,9-10H2,1H3. The number of esters is 1. The quantitative estimate of drug-likeness (QED) is 0.613. The number of fused-ring (bicyclic) bond motifs is 1. The molecule has 118 valence electrons. The van der Waals surface area contributed by atoms with E-state index in [1.165, 1.54) is 0 Å². The van der Waals surface area contributed by atoms with Gasteiger partial charge < -0.3 is 19.2 Å². The van der Waals surface area contributed by atoms with Crippen molar-refractivity contribution in [2.75, 3.05) is 32.8 Å². The zero-order valence-electron chi connectivity index (χ0n) is 12.7. The average Bonchev–Trinajstić information content (AvgIpc) is 2.89. The molecule has 0 radical (unpaired) electrons. The molecular weight excluding hydrogens is 285 g/mol. The molecule has 0 saturated carbocycles. The Balaban J connectivity index is 1.58. The third kappa shape index (κ3) is 3.49. The topological polar surface area (TPSA) is 68.2 Å². The first-order valence-electron chi connectivity index (χ1n) is 7.57. The van der Waals surface area contributed by atoms with E-state index < -0.39 is 7.12 Å². The van der Waals surface area contributed by atoms with Gasteiger partial charge >= 0.3 is 13.1 Å². The zero-order chi connectivity index (χ0) is 15.5. The zero-order valence-corrected chi connectivity index (χ0v) is 12.7. The van der Waals surface area contributed by atoms with Gasteiger partial charge in [-0.15, -0.1) is 0 Å². The van der Waals surface area contributed by atoms with Crippen LogP contribution < -0.4 is 5.46 Å². The van der Waals surface area contributed by atoms with Crippen LogP contribution >= 0.6 is 0 Å². The molecule has 0 amide bonds. The minimum atomic E-state index is -0.950. The van der Waals surface area contributed by atoms with Crippen LogP contribution in [0.2, 0.25) is 0 Å². The number of carbonyl (C=O) groups excluding carboxylic acids is 1. The normalized spacial score (nSPS) is 19.8. The monoisotopic (exact) mass is 305 g/mol. The van der Waals surface area contributed by atoms with E-state index in [9.17, 15) is 9.82 Å². The molecule has 0 aromatic heterocycles. The molecule has 1 unspecified atom stereocenters. The number of morpholine rings is 1. The summed E-state index contributed by atoms with van der Waals surface area (Å²) in [5.41, 5.74) is 2.00. The summed E-state index contributed by atoms with van der Waals surface area (Å²) >= 11 is 0. The molecule has 7 heteroatoms. The number of benzene rings is 1. The third-order valence-electron chi connectivity index (χ3n) is 3.97. The Hall–Kier alpha value is -1.41. The first-order valence-corrected chi connectivity index (χ1v) is 7.57. The molecule has 2 aliphatic rings. The van der Waals surface area contributed by atoms with Gasteiger partial charge in [0.2, 0.25) is 0 Å². The lowest BCUT2D eigenvalue weighted by atomic mass is 9.79. The molecule has 2 aliphatic heterocycles. The second kappa shape index (κ2) is 6.79. The maximum Gasteiger partial charge on any atom is 0.491 e. The third-order valence-corrected chi connectivity index (χ3v) is 3.97. The first kappa shape index (κ1) is 15.5. The van der Waals surface area contributed by atoms with Gasteiger partial charge in [-0.05, 0) is 30.1 Å². The Kier molecular flexibility index (Phi) is 4.78. The van der Waals surface area contributed by atoms with Crippen LogP contribution in [0.3, 0.4) is 0 Å². The van der Waals surface area contributed by atoms with Crippen molar-refractivity contribution >= 4 is 18.6 Å². The van der Waals surface area contributed by atoms with Crippen molar-refractivity contribution in [2.24, 2.45) is 0 Å². The molecule has 1 aromatic rings. The minimum Gasteiger partial charge on any atom is -0.458 e. The van der Waals surface area contributed by atoms with Crippen molar-refractivity contribution in [1.29, 1.82) is 0 Å². The summed E-state index contributed by atoms with van der Waals surface area (Å²) in [6.45, 7) is 6.14. The van der Waals surface area contributed by atoms with Gasteiger partial charge in [-0.1, -0.05) is 6.07 Å². The molecule has 0 aliphatic carbocycles. The summed E-state index contributed by atoms with van der Waals surface area (Å²) in [5, 5.41) is 9.69. The summed E-state index contributed by atoms with van der Waals surface area (Å²) in [6.07, 6.45) is -0.194. The van der Waals surface area contributed by atoms with Gasteiger partial charge in [0, 0.05) is 19.6 Å². The van der Waals surface area contributed by atoms with Crippen LogP contribution in [0.15, 0.2) is 18.2 Å². The summed E-state index contributed by atoms with van der Waals surface area (Å²) in [4.78, 5) is 14.4. The smallest absolute Gasteiger partial charge is 0.458 e. The number of nitrogens with zero attached hydrogens (tertiary/aromatic N) is 1. The Morgan fingerprint density at radius 1 is 1.45 bits per heavy atom. The lowest BCUT2D eigenvalue weighted by molar-refractivity contribution is 0.000451. The van der Waals surface area contributed by atoms with E-state index >= 15 is 0 Å². The van der Waals surface area contributed by atoms with Crippen molar-refractivity contribution in [1.82, 2.24) is 4.90 Å². The molecule has 6 nitrogen and oxygen atoms in total. The van der Waals surface area contributed by atoms with E-state index in [1.54, 1.807) is 18.2 Å². The largest absolute Gasteiger partial charge is 0.491 e. The van der Waals surface area contributed by atoms with Crippen LogP contribution in [-0.4, -0.2) is 62.0 Å². The van der Waals surface area contributed by atoms with Crippen LogP contribution in [0.5, 0.6) is 0 Å². The Bertz CT molecular complexity index is 547. The second-order valence-corrected chi connectivity index (χ2v) is 5.71. The molecule has 1 atom stereocenters. The highest BCUT2D eigenvalue weighted by atomic mass is 16.5. The van der Waals surface area contributed by atoms with Crippen molar-refractivity contribution in [2.45, 2.75) is 19.6 Å². The average molecular weight is 305 g/mol. The summed E-state index contributed by atoms with van der Waals surface area (Å²) in [6, 6.07) is 5.16. The van der Waals surface area contributed by atoms with Gasteiger partial charge in [0.15, 0.2) is 0 Å². The predicted octanol–water partition coefficient (Wildman–Crippen LogP) is -0.218. The molecular formula is C15H20BNO5. The number of carbonyl (C=O) groups is 1. The van der Waals surface area contributed by atoms with Gasteiger partial charge in [-0.3, -0.25) is 4.90 Å². The van der Waals surface area contributed by atoms with Crippen LogP contribution in [0.25, 0.3) is 0 Å². The number of hydrogen-bond acceptors (Lipinski definition) is 6. The fourth-order valence-corrected chi connectivity index (χ4v) is 2.78. The summed E-state index contributed by atoms with van der Waals surface area (Å²) in [5.74, 6) is -0.373. The molecule has 0 bridgehead atoms. The van der Waals surface area contributed by atoms with Crippen LogP contribution in [0, 0.1) is 0 Å². The van der Waals surface area contributed by atoms with Crippen molar-refractivity contribution < 1.29 is 23.9 Å². The van der Waals surface area contributed by atoms with Gasteiger partial charge in [0.05, 0.1) is 25.4 Å². The second-order valence-electron chi connectivity index (χ2n) is 5.71. The summed E-state index contributed by atoms with van der Waals surface area (Å²) in [7, 11) is -0.950. The van der Waals surface area contributed by atoms with Gasteiger partial charge in [-0.25, -0.2) is 4.79 Å². The van der Waals surface area contributed by atoms with Crippen molar-refractivity contribution in [3.63, 3.8) is 0 Å². The van der Waals surface area contributed by atoms with Crippen molar-refractivity contribution in [3.05, 3.63) is 29.3 Å². The van der Waals surface area contributed by atoms with E-state index in [-0.39, 0.29) is 12.1 Å². The predicted molar refractivity (Wildman–Crippen MR) is 81.0 cm³/mol. The van der Waals surface area contributed by atoms with Gasteiger partial charge in [-0.2, -0.15) is 0 Å². The molecule has 2 heterocycles. The molecule has 3 rings (SSSR count). The highest BCUT2D eigenvalue weighted by Crippen LogP contribution is 2.13. The molecule has 1 saturated heterocycles. The van der Waals surface area contributed by atoms with E-state index in [4.69, 9.17) is 14.1 Å². The van der Waals surface area contributed by atoms with Crippen LogP contribution in [0.1, 0.15) is 22.8 Å². The Morgan fingerprint density at radius 2 is 2.23 bits per heavy atom. The highest BCUT2D eigenvalue weighted by Gasteiger charge is 2.28. The Labute approximate surface area is 130 Å². The fourth-order valence-electron chi connectivity index (χ4n) is 2.78. The van der Waals surface area contributed by atoms with E-state index in [0.717, 1.165) is 31.9 Å². The minimum absolute atomic E-state index is 0.194. The lowest BCUT2D eigenvalue weighted by Gasteiger charge is -2.28. The molecule has 1 fully saturated rings. The first-order chi connectivity index (χ1) is 10.6. The Morgan fingerprint density at radius 3 is 3.00 bits per heavy atom. The van der Waals surface area contributed by atoms with Gasteiger partial charge in [0.25, 0.3) is 0 Å². The van der Waals surface area contributed by atoms with Gasteiger partial charge in [0.1, 0.15) is 6.10 Å². The SMILES string of the molecule is CC(CN1CCOCC1)OC(=O)c1ccc2c(c1)B(O)OC2. The van der Waals surface area contributed by atoms with E-state index in [0.29, 0.717) is 24.2 Å². The van der Waals surface area contributed by atoms with Crippen molar-refractivity contribution in [3.8, 4) is 0 Å². The molecule has 22 heavy (non-hydrogen) atoms. The number of ether oxygens (including phenoxy) is 2. The molecule has 1 N–H and O–H groups in total.